The molecule has 0 spiro atoms. The smallest absolute Gasteiger partial charge is 0.377 e. The van der Waals surface area contributed by atoms with Gasteiger partial charge in [0.15, 0.2) is 0 Å². The number of Topliss-reactive ketones (excluding diaryl/α,β-unsaturated/α-hetero) is 1. The van der Waals surface area contributed by atoms with Crippen LogP contribution in [0.25, 0.3) is 0 Å². The molecule has 1 aromatic rings. The van der Waals surface area contributed by atoms with Gasteiger partial charge >= 0.3 is 5.97 Å². The summed E-state index contributed by atoms with van der Waals surface area (Å²) in [4.78, 5) is 22.1. The van der Waals surface area contributed by atoms with Crippen molar-refractivity contribution in [2.75, 3.05) is 7.11 Å². The van der Waals surface area contributed by atoms with Gasteiger partial charge in [-0.1, -0.05) is 24.3 Å². The zero-order valence-corrected chi connectivity index (χ0v) is 9.48. The van der Waals surface area contributed by atoms with E-state index >= 15 is 0 Å². The third-order valence-corrected chi connectivity index (χ3v) is 2.52. The zero-order chi connectivity index (χ0) is 12.3. The molecular weight excluding hydrogens is 208 g/mol. The monoisotopic (exact) mass is 222 g/mol. The molecule has 1 N–H and O–H groups in total. The van der Waals surface area contributed by atoms with Crippen molar-refractivity contribution < 1.29 is 19.4 Å². The Morgan fingerprint density at radius 2 is 1.81 bits per heavy atom. The molecule has 0 aliphatic rings. The van der Waals surface area contributed by atoms with Gasteiger partial charge in [0.2, 0.25) is 0 Å². The van der Waals surface area contributed by atoms with Gasteiger partial charge in [-0.15, -0.1) is 0 Å². The minimum absolute atomic E-state index is 0.168. The van der Waals surface area contributed by atoms with Gasteiger partial charge < -0.3 is 9.84 Å². The molecule has 4 nitrogen and oxygen atoms in total. The molecule has 0 saturated heterocycles. The predicted molar refractivity (Wildman–Crippen MR) is 58.4 cm³/mol. The normalized spacial score (nSPS) is 11.2. The average Bonchev–Trinajstić information content (AvgIpc) is 2.28. The fourth-order valence-corrected chi connectivity index (χ4v) is 1.43. The molecule has 0 bridgehead atoms. The lowest BCUT2D eigenvalue weighted by atomic mass is 9.91. The van der Waals surface area contributed by atoms with Crippen molar-refractivity contribution >= 4 is 11.8 Å². The minimum Gasteiger partial charge on any atom is -0.475 e. The van der Waals surface area contributed by atoms with Crippen LogP contribution in [0.4, 0.5) is 0 Å². The van der Waals surface area contributed by atoms with Crippen LogP contribution in [0.1, 0.15) is 29.8 Å². The second-order valence-corrected chi connectivity index (χ2v) is 3.89. The van der Waals surface area contributed by atoms with Crippen molar-refractivity contribution in [3.05, 3.63) is 35.4 Å². The number of hydrogen-bond acceptors (Lipinski definition) is 3. The first-order valence-electron chi connectivity index (χ1n) is 4.82. The van der Waals surface area contributed by atoms with E-state index in [1.807, 2.05) is 0 Å². The van der Waals surface area contributed by atoms with Gasteiger partial charge in [0, 0.05) is 12.7 Å². The Balaban J connectivity index is 3.31. The number of carboxylic acid groups (broad SMARTS) is 1. The molecule has 4 heteroatoms. The van der Waals surface area contributed by atoms with Crippen LogP contribution in [-0.2, 0) is 15.1 Å². The summed E-state index contributed by atoms with van der Waals surface area (Å²) >= 11 is 0. The first-order chi connectivity index (χ1) is 7.40. The lowest BCUT2D eigenvalue weighted by Crippen LogP contribution is -2.25. The van der Waals surface area contributed by atoms with Crippen molar-refractivity contribution in [1.29, 1.82) is 0 Å². The van der Waals surface area contributed by atoms with Crippen LogP contribution < -0.4 is 0 Å². The fraction of sp³-hybridized carbons (Fsp3) is 0.333. The van der Waals surface area contributed by atoms with Crippen molar-refractivity contribution in [3.63, 3.8) is 0 Å². The lowest BCUT2D eigenvalue weighted by molar-refractivity contribution is -0.131. The molecule has 1 aromatic carbocycles. The van der Waals surface area contributed by atoms with Gasteiger partial charge in [0.05, 0.1) is 5.60 Å². The Kier molecular flexibility index (Phi) is 3.44. The number of hydrogen-bond donors (Lipinski definition) is 1. The van der Waals surface area contributed by atoms with E-state index in [-0.39, 0.29) is 5.56 Å². The molecular formula is C12H14O4. The maximum absolute atomic E-state index is 11.5. The largest absolute Gasteiger partial charge is 0.475 e. The molecule has 1 rings (SSSR count). The predicted octanol–water partition coefficient (Wildman–Crippen LogP) is 1.84. The number of aliphatic carboxylic acids is 1. The topological polar surface area (TPSA) is 63.6 Å². The third kappa shape index (κ3) is 2.28. The highest BCUT2D eigenvalue weighted by Gasteiger charge is 2.27. The van der Waals surface area contributed by atoms with Gasteiger partial charge in [-0.05, 0) is 19.4 Å². The molecule has 0 radical (unpaired) electrons. The van der Waals surface area contributed by atoms with Gasteiger partial charge in [-0.25, -0.2) is 4.79 Å². The third-order valence-electron chi connectivity index (χ3n) is 2.52. The van der Waals surface area contributed by atoms with Crippen LogP contribution in [-0.4, -0.2) is 24.0 Å². The number of rotatable bonds is 4. The minimum atomic E-state index is -1.46. The summed E-state index contributed by atoms with van der Waals surface area (Å²) in [6.07, 6.45) is 0. The van der Waals surface area contributed by atoms with E-state index in [9.17, 15) is 9.59 Å². The molecule has 0 unspecified atom stereocenters. The molecule has 0 heterocycles. The van der Waals surface area contributed by atoms with Gasteiger partial charge in [-0.2, -0.15) is 0 Å². The van der Waals surface area contributed by atoms with Crippen LogP contribution >= 0.6 is 0 Å². The SMILES string of the molecule is COC(C)(C)c1ccccc1C(=O)C(=O)O. The zero-order valence-electron chi connectivity index (χ0n) is 9.48. The Hall–Kier alpha value is -1.68. The highest BCUT2D eigenvalue weighted by Crippen LogP contribution is 2.27. The van der Waals surface area contributed by atoms with Crippen LogP contribution in [0.5, 0.6) is 0 Å². The number of carbonyl (C=O) groups excluding carboxylic acids is 1. The Morgan fingerprint density at radius 1 is 1.25 bits per heavy atom. The second-order valence-electron chi connectivity index (χ2n) is 3.89. The summed E-state index contributed by atoms with van der Waals surface area (Å²) in [5.74, 6) is -2.37. The Labute approximate surface area is 93.9 Å². The molecule has 0 aromatic heterocycles. The number of methoxy groups -OCH3 is 1. The number of benzene rings is 1. The summed E-state index contributed by atoms with van der Waals surface area (Å²) in [5, 5.41) is 8.71. The lowest BCUT2D eigenvalue weighted by Gasteiger charge is -2.25. The van der Waals surface area contributed by atoms with Crippen molar-refractivity contribution in [2.45, 2.75) is 19.4 Å². The molecule has 0 fully saturated rings. The first-order valence-corrected chi connectivity index (χ1v) is 4.82. The molecule has 16 heavy (non-hydrogen) atoms. The van der Waals surface area contributed by atoms with Crippen LogP contribution in [0.3, 0.4) is 0 Å². The molecule has 0 aliphatic carbocycles. The molecule has 0 amide bonds. The Bertz CT molecular complexity index is 421. The Morgan fingerprint density at radius 3 is 2.31 bits per heavy atom. The number of ether oxygens (including phenoxy) is 1. The standard InChI is InChI=1S/C12H14O4/c1-12(2,16-3)9-7-5-4-6-8(9)10(13)11(14)15/h4-7H,1-3H3,(H,14,15). The van der Waals surface area contributed by atoms with Crippen molar-refractivity contribution in [2.24, 2.45) is 0 Å². The van der Waals surface area contributed by atoms with Gasteiger partial charge in [-0.3, -0.25) is 4.79 Å². The average molecular weight is 222 g/mol. The van der Waals surface area contributed by atoms with Gasteiger partial charge in [0.1, 0.15) is 0 Å². The van der Waals surface area contributed by atoms with E-state index in [0.29, 0.717) is 5.56 Å². The van der Waals surface area contributed by atoms with E-state index in [1.54, 1.807) is 32.0 Å². The molecule has 0 atom stereocenters. The fourth-order valence-electron chi connectivity index (χ4n) is 1.43. The highest BCUT2D eigenvalue weighted by atomic mass is 16.5. The van der Waals surface area contributed by atoms with Crippen LogP contribution in [0.15, 0.2) is 24.3 Å². The van der Waals surface area contributed by atoms with Gasteiger partial charge in [0.25, 0.3) is 5.78 Å². The van der Waals surface area contributed by atoms with Crippen LogP contribution in [0, 0.1) is 0 Å². The summed E-state index contributed by atoms with van der Waals surface area (Å²) in [5.41, 5.74) is 0.0496. The second kappa shape index (κ2) is 4.45. The summed E-state index contributed by atoms with van der Waals surface area (Å²) in [6.45, 7) is 3.56. The number of carboxylic acids is 1. The van der Waals surface area contributed by atoms with E-state index in [4.69, 9.17) is 9.84 Å². The van der Waals surface area contributed by atoms with E-state index < -0.39 is 17.4 Å². The number of ketones is 1. The summed E-state index contributed by atoms with van der Waals surface area (Å²) in [6, 6.07) is 6.56. The maximum atomic E-state index is 11.5. The molecule has 0 saturated carbocycles. The summed E-state index contributed by atoms with van der Waals surface area (Å²) in [7, 11) is 1.52. The highest BCUT2D eigenvalue weighted by molar-refractivity contribution is 6.40. The summed E-state index contributed by atoms with van der Waals surface area (Å²) < 4.78 is 5.25. The van der Waals surface area contributed by atoms with E-state index in [0.717, 1.165) is 0 Å². The van der Waals surface area contributed by atoms with Crippen molar-refractivity contribution in [1.82, 2.24) is 0 Å². The molecule has 0 aliphatic heterocycles. The first kappa shape index (κ1) is 12.4. The quantitative estimate of drug-likeness (QED) is 0.623. The van der Waals surface area contributed by atoms with E-state index in [1.165, 1.54) is 13.2 Å². The van der Waals surface area contributed by atoms with Crippen LogP contribution in [0.2, 0.25) is 0 Å². The van der Waals surface area contributed by atoms with Crippen molar-refractivity contribution in [3.8, 4) is 0 Å². The molecule has 86 valence electrons. The number of carbonyl (C=O) groups is 2. The maximum Gasteiger partial charge on any atom is 0.377 e. The van der Waals surface area contributed by atoms with E-state index in [2.05, 4.69) is 0 Å².